The first kappa shape index (κ1) is 77.3. The van der Waals surface area contributed by atoms with Crippen LogP contribution in [0.2, 0.25) is 0 Å². The maximum atomic E-state index is 2.54. The molecule has 124 heavy (non-hydrogen) atoms. The van der Waals surface area contributed by atoms with Crippen LogP contribution in [0.4, 0.5) is 0 Å². The lowest BCUT2D eigenvalue weighted by molar-refractivity contribution is 0.820. The molecule has 16 aromatic carbocycles. The van der Waals surface area contributed by atoms with E-state index in [0.29, 0.717) is 0 Å². The van der Waals surface area contributed by atoms with Gasteiger partial charge in [-0.2, -0.15) is 0 Å². The lowest BCUT2D eigenvalue weighted by atomic mass is 10.1. The normalized spacial score (nSPS) is 12.0. The Kier molecular flexibility index (Phi) is 19.4. The van der Waals surface area contributed by atoms with Crippen LogP contribution in [-0.4, -0.2) is 36.5 Å². The molecule has 0 radical (unpaired) electrons. The first-order valence-corrected chi connectivity index (χ1v) is 44.5. The molecule has 8 nitrogen and oxygen atoms in total. The lowest BCUT2D eigenvalue weighted by Gasteiger charge is -2.12. The summed E-state index contributed by atoms with van der Waals surface area (Å²) in [5, 5.41) is 21.4. The highest BCUT2D eigenvalue weighted by molar-refractivity contribution is 6.27. The van der Waals surface area contributed by atoms with Gasteiger partial charge in [0.15, 0.2) is 0 Å². The van der Waals surface area contributed by atoms with Gasteiger partial charge >= 0.3 is 0 Å². The molecule has 24 aromatic rings. The van der Waals surface area contributed by atoms with Gasteiger partial charge in [-0.3, -0.25) is 0 Å². The largest absolute Gasteiger partial charge is 0.341 e. The predicted molar refractivity (Wildman–Crippen MR) is 533 cm³/mol. The molecule has 8 aromatic heterocycles. The summed E-state index contributed by atoms with van der Waals surface area (Å²) in [6.45, 7) is 33.8. The molecule has 608 valence electrons. The zero-order chi connectivity index (χ0) is 84.4. The number of hydrogen-bond acceptors (Lipinski definition) is 0. The van der Waals surface area contributed by atoms with E-state index in [1.54, 1.807) is 0 Å². The van der Waals surface area contributed by atoms with Crippen molar-refractivity contribution in [2.24, 2.45) is 0 Å². The number of aryl methyl sites for hydroxylation is 12. The lowest BCUT2D eigenvalue weighted by Crippen LogP contribution is -2.02. The molecule has 0 spiro atoms. The van der Waals surface area contributed by atoms with E-state index in [4.69, 9.17) is 0 Å². The van der Waals surface area contributed by atoms with Crippen molar-refractivity contribution >= 4 is 174 Å². The quantitative estimate of drug-likeness (QED) is 0.117. The van der Waals surface area contributed by atoms with E-state index in [1.807, 2.05) is 0 Å². The molecule has 0 bridgehead atoms. The molecular weight excluding hydrogens is 1510 g/mol. The molecule has 0 atom stereocenters. The van der Waals surface area contributed by atoms with Crippen molar-refractivity contribution in [3.05, 3.63) is 382 Å². The van der Waals surface area contributed by atoms with Gasteiger partial charge in [-0.15, -0.1) is 0 Å². The van der Waals surface area contributed by atoms with Gasteiger partial charge in [-0.05, 0) is 184 Å². The third-order valence-electron chi connectivity index (χ3n) is 26.4. The topological polar surface area (TPSA) is 39.4 Å². The Bertz CT molecular complexity index is 8270. The van der Waals surface area contributed by atoms with Crippen molar-refractivity contribution in [1.29, 1.82) is 0 Å². The molecule has 0 N–H and O–H groups in total. The average molecular weight is 1610 g/mol. The van der Waals surface area contributed by atoms with E-state index in [1.165, 1.54) is 241 Å². The minimum Gasteiger partial charge on any atom is -0.341 e. The molecular formula is C116H104N8. The Morgan fingerprint density at radius 1 is 0.153 bits per heavy atom. The minimum atomic E-state index is 0.872. The van der Waals surface area contributed by atoms with Crippen LogP contribution in [0.3, 0.4) is 0 Å². The van der Waals surface area contributed by atoms with Crippen LogP contribution in [0.25, 0.3) is 174 Å². The standard InChI is InChI=1S/4C29H26N2/c1-4-30-26-11-7-5-9-22(26)24-17-29-25(16-28(24)30)23-10-6-8-12-27(23)31(29)18-21-14-19(2)13-20(3)15-21;1-4-30-26-11-7-5-9-22(26)24-16-25-23-10-6-8-12-27(23)31(29(25)17-28(24)30)18-21-14-19(2)13-20(3)15-21;1-4-30-26-12-8-6-10-24(26)28-27(30)14-13-23-22-9-5-7-11-25(22)31(29(23)28)18-21-16-19(2)15-20(3)17-21;1-4-30-26-11-7-5-9-22(26)24-13-14-25-23-10-6-8-12-27(23)31(29(25)28(24)30)18-21-16-19(2)15-20(3)17-21/h4*5-17H,4,18H2,1-3H3. The van der Waals surface area contributed by atoms with Gasteiger partial charge in [0.1, 0.15) is 0 Å². The number of nitrogens with zero attached hydrogens (tertiary/aromatic N) is 8. The fourth-order valence-corrected chi connectivity index (χ4v) is 21.9. The van der Waals surface area contributed by atoms with Crippen molar-refractivity contribution in [3.63, 3.8) is 0 Å². The smallest absolute Gasteiger partial charge is 0.0742 e. The number of fused-ring (bicyclic) bond motifs is 26. The molecule has 0 saturated carbocycles. The van der Waals surface area contributed by atoms with E-state index in [2.05, 4.69) is 435 Å². The monoisotopic (exact) mass is 1610 g/mol. The molecule has 0 aliphatic carbocycles. The highest BCUT2D eigenvalue weighted by Gasteiger charge is 2.24. The Morgan fingerprint density at radius 2 is 0.379 bits per heavy atom. The second kappa shape index (κ2) is 31.1. The zero-order valence-electron chi connectivity index (χ0n) is 73.3. The Morgan fingerprint density at radius 3 is 0.734 bits per heavy atom. The Labute approximate surface area is 723 Å². The Hall–Kier alpha value is -14.1. The van der Waals surface area contributed by atoms with Crippen molar-refractivity contribution < 1.29 is 0 Å². The number of rotatable bonds is 12. The van der Waals surface area contributed by atoms with Gasteiger partial charge in [0.05, 0.1) is 38.6 Å². The summed E-state index contributed by atoms with van der Waals surface area (Å²) in [6, 6.07) is 117. The molecule has 8 heterocycles. The summed E-state index contributed by atoms with van der Waals surface area (Å²) in [5.41, 5.74) is 37.1. The van der Waals surface area contributed by atoms with Crippen LogP contribution in [-0.2, 0) is 52.4 Å². The van der Waals surface area contributed by atoms with Gasteiger partial charge in [-0.1, -0.05) is 281 Å². The number of para-hydroxylation sites is 8. The van der Waals surface area contributed by atoms with Gasteiger partial charge in [0, 0.05) is 188 Å². The summed E-state index contributed by atoms with van der Waals surface area (Å²) in [4.78, 5) is 0. The average Bonchev–Trinajstić information content (AvgIpc) is 1.57. The molecule has 24 rings (SSSR count). The molecule has 0 unspecified atom stereocenters. The van der Waals surface area contributed by atoms with E-state index < -0.39 is 0 Å². The zero-order valence-corrected chi connectivity index (χ0v) is 73.3. The highest BCUT2D eigenvalue weighted by atomic mass is 15.0. The van der Waals surface area contributed by atoms with Crippen LogP contribution in [0, 0.1) is 55.4 Å². The number of aromatic nitrogens is 8. The summed E-state index contributed by atoms with van der Waals surface area (Å²) in [6.07, 6.45) is 0. The summed E-state index contributed by atoms with van der Waals surface area (Å²) >= 11 is 0. The molecule has 0 fully saturated rings. The molecule has 8 heteroatoms. The SMILES string of the molecule is CCn1c2ccccc2c2c1ccc1c3ccccc3n(Cc3cc(C)cc(C)c3)c12.CCn1c2ccccc2c2cc3c(cc21)c1ccccc1n3Cc1cc(C)cc(C)c1.CCn1c2ccccc2c2cc3c4ccccc4n(Cc4cc(C)cc(C)c4)c3cc21.CCn1c2ccccc2c2ccc3c4ccccc4n(Cc4cc(C)cc(C)c4)c3c21. The van der Waals surface area contributed by atoms with Crippen molar-refractivity contribution in [1.82, 2.24) is 36.5 Å². The van der Waals surface area contributed by atoms with Gasteiger partial charge in [-0.25, -0.2) is 0 Å². The maximum Gasteiger partial charge on any atom is 0.0742 e. The third kappa shape index (κ3) is 13.0. The minimum absolute atomic E-state index is 0.872. The van der Waals surface area contributed by atoms with Crippen molar-refractivity contribution in [2.75, 3.05) is 0 Å². The van der Waals surface area contributed by atoms with Crippen LogP contribution >= 0.6 is 0 Å². The van der Waals surface area contributed by atoms with Crippen molar-refractivity contribution in [2.45, 2.75) is 135 Å². The van der Waals surface area contributed by atoms with E-state index in [9.17, 15) is 0 Å². The molecule has 0 aliphatic heterocycles. The summed E-state index contributed by atoms with van der Waals surface area (Å²) in [7, 11) is 0. The number of hydrogen-bond donors (Lipinski definition) is 0. The van der Waals surface area contributed by atoms with Crippen molar-refractivity contribution in [3.8, 4) is 0 Å². The third-order valence-corrected chi connectivity index (χ3v) is 26.4. The predicted octanol–water partition coefficient (Wildman–Crippen LogP) is 30.3. The van der Waals surface area contributed by atoms with Crippen LogP contribution < -0.4 is 0 Å². The second-order valence-corrected chi connectivity index (χ2v) is 34.9. The molecule has 0 amide bonds. The van der Waals surface area contributed by atoms with E-state index in [-0.39, 0.29) is 0 Å². The van der Waals surface area contributed by atoms with Crippen LogP contribution in [0.1, 0.15) is 94.5 Å². The van der Waals surface area contributed by atoms with Gasteiger partial charge < -0.3 is 36.5 Å². The first-order valence-electron chi connectivity index (χ1n) is 44.5. The van der Waals surface area contributed by atoms with Gasteiger partial charge in [0.2, 0.25) is 0 Å². The summed E-state index contributed by atoms with van der Waals surface area (Å²) in [5.74, 6) is 0. The second-order valence-electron chi connectivity index (χ2n) is 34.9. The first-order chi connectivity index (χ1) is 60.6. The van der Waals surface area contributed by atoms with Crippen LogP contribution in [0.5, 0.6) is 0 Å². The molecule has 0 aliphatic rings. The summed E-state index contributed by atoms with van der Waals surface area (Å²) < 4.78 is 19.9. The van der Waals surface area contributed by atoms with Gasteiger partial charge in [0.25, 0.3) is 0 Å². The molecule has 0 saturated heterocycles. The highest BCUT2D eigenvalue weighted by Crippen LogP contribution is 2.45. The fraction of sp³-hybridized carbons (Fsp3) is 0.172. The Balaban J connectivity index is 0.000000101. The maximum absolute atomic E-state index is 2.54. The number of benzene rings is 16. The van der Waals surface area contributed by atoms with Crippen LogP contribution in [0.15, 0.2) is 315 Å². The fourth-order valence-electron chi connectivity index (χ4n) is 21.9. The van der Waals surface area contributed by atoms with E-state index >= 15 is 0 Å². The van der Waals surface area contributed by atoms with E-state index in [0.717, 1.165) is 52.4 Å².